The molecule has 102 valence electrons. The van der Waals surface area contributed by atoms with Crippen molar-refractivity contribution in [2.24, 2.45) is 11.8 Å². The molecule has 0 bridgehead atoms. The van der Waals surface area contributed by atoms with Crippen LogP contribution >= 0.6 is 0 Å². The Morgan fingerprint density at radius 1 is 1.00 bits per heavy atom. The standard InChI is InChI=1S/C17H29N/c1-11(2)15(6)17(18-7)10-16-13(4)8-12(3)9-14(16)5/h8-9,11,15,17-18H,10H2,1-7H3. The van der Waals surface area contributed by atoms with Gasteiger partial charge in [-0.2, -0.15) is 0 Å². The van der Waals surface area contributed by atoms with E-state index in [1.165, 1.54) is 22.3 Å². The highest BCUT2D eigenvalue weighted by Gasteiger charge is 2.20. The number of likely N-dealkylation sites (N-methyl/N-ethyl adjacent to an activating group) is 1. The molecule has 1 aromatic carbocycles. The molecule has 0 heterocycles. The molecule has 1 N–H and O–H groups in total. The number of aryl methyl sites for hydroxylation is 3. The fourth-order valence-corrected chi connectivity index (χ4v) is 2.77. The summed E-state index contributed by atoms with van der Waals surface area (Å²) >= 11 is 0. The first-order chi connectivity index (χ1) is 8.36. The highest BCUT2D eigenvalue weighted by atomic mass is 14.9. The largest absolute Gasteiger partial charge is 0.316 e. The van der Waals surface area contributed by atoms with E-state index in [1.807, 2.05) is 0 Å². The second-order valence-electron chi connectivity index (χ2n) is 6.08. The van der Waals surface area contributed by atoms with E-state index in [0.29, 0.717) is 17.9 Å². The van der Waals surface area contributed by atoms with Gasteiger partial charge in [0.1, 0.15) is 0 Å². The lowest BCUT2D eigenvalue weighted by Crippen LogP contribution is -2.37. The minimum atomic E-state index is 0.560. The van der Waals surface area contributed by atoms with Crippen molar-refractivity contribution in [3.63, 3.8) is 0 Å². The van der Waals surface area contributed by atoms with Crippen LogP contribution in [-0.2, 0) is 6.42 Å². The zero-order valence-electron chi connectivity index (χ0n) is 13.1. The van der Waals surface area contributed by atoms with E-state index in [2.05, 4.69) is 66.0 Å². The molecule has 18 heavy (non-hydrogen) atoms. The molecule has 2 unspecified atom stereocenters. The summed E-state index contributed by atoms with van der Waals surface area (Å²) in [4.78, 5) is 0. The SMILES string of the molecule is CNC(Cc1c(C)cc(C)cc1C)C(C)C(C)C. The van der Waals surface area contributed by atoms with Crippen LogP contribution in [0.5, 0.6) is 0 Å². The number of rotatable bonds is 5. The average Bonchev–Trinajstić information content (AvgIpc) is 2.27. The molecule has 1 heteroatoms. The minimum absolute atomic E-state index is 0.560. The molecule has 0 radical (unpaired) electrons. The lowest BCUT2D eigenvalue weighted by molar-refractivity contribution is 0.309. The maximum atomic E-state index is 3.50. The number of nitrogens with one attached hydrogen (secondary N) is 1. The molecular formula is C17H29N. The van der Waals surface area contributed by atoms with Crippen LogP contribution in [0.1, 0.15) is 43.0 Å². The maximum absolute atomic E-state index is 3.50. The van der Waals surface area contributed by atoms with Crippen LogP contribution in [0.3, 0.4) is 0 Å². The van der Waals surface area contributed by atoms with Crippen LogP contribution < -0.4 is 5.32 Å². The van der Waals surface area contributed by atoms with E-state index in [0.717, 1.165) is 6.42 Å². The van der Waals surface area contributed by atoms with Crippen molar-refractivity contribution in [1.29, 1.82) is 0 Å². The molecule has 1 nitrogen and oxygen atoms in total. The third kappa shape index (κ3) is 3.58. The summed E-state index contributed by atoms with van der Waals surface area (Å²) in [6.07, 6.45) is 1.13. The normalized spacial score (nSPS) is 14.9. The monoisotopic (exact) mass is 247 g/mol. The minimum Gasteiger partial charge on any atom is -0.316 e. The summed E-state index contributed by atoms with van der Waals surface area (Å²) in [5, 5.41) is 3.50. The Morgan fingerprint density at radius 2 is 1.50 bits per heavy atom. The van der Waals surface area contributed by atoms with E-state index >= 15 is 0 Å². The smallest absolute Gasteiger partial charge is 0.0133 e. The van der Waals surface area contributed by atoms with Crippen molar-refractivity contribution < 1.29 is 0 Å². The lowest BCUT2D eigenvalue weighted by atomic mass is 9.84. The summed E-state index contributed by atoms with van der Waals surface area (Å²) in [6.45, 7) is 13.6. The van der Waals surface area contributed by atoms with E-state index in [1.54, 1.807) is 0 Å². The third-order valence-electron chi connectivity index (χ3n) is 4.32. The molecule has 2 atom stereocenters. The van der Waals surface area contributed by atoms with Gasteiger partial charge in [0.25, 0.3) is 0 Å². The highest BCUT2D eigenvalue weighted by Crippen LogP contribution is 2.23. The van der Waals surface area contributed by atoms with Gasteiger partial charge in [-0.25, -0.2) is 0 Å². The molecular weight excluding hydrogens is 218 g/mol. The molecule has 0 saturated heterocycles. The van der Waals surface area contributed by atoms with Gasteiger partial charge in [0.15, 0.2) is 0 Å². The number of benzene rings is 1. The van der Waals surface area contributed by atoms with Gasteiger partial charge in [-0.05, 0) is 62.8 Å². The molecule has 0 aliphatic heterocycles. The second kappa shape index (κ2) is 6.38. The fraction of sp³-hybridized carbons (Fsp3) is 0.647. The van der Waals surface area contributed by atoms with Crippen molar-refractivity contribution in [3.8, 4) is 0 Å². The Labute approximate surface area is 113 Å². The summed E-state index contributed by atoms with van der Waals surface area (Å²) in [5.41, 5.74) is 5.76. The van der Waals surface area contributed by atoms with Gasteiger partial charge in [-0.15, -0.1) is 0 Å². The Bertz CT molecular complexity index is 370. The Morgan fingerprint density at radius 3 is 1.89 bits per heavy atom. The molecule has 0 aliphatic carbocycles. The van der Waals surface area contributed by atoms with E-state index < -0.39 is 0 Å². The van der Waals surface area contributed by atoms with Gasteiger partial charge < -0.3 is 5.32 Å². The number of hydrogen-bond acceptors (Lipinski definition) is 1. The van der Waals surface area contributed by atoms with Crippen LogP contribution in [0.2, 0.25) is 0 Å². The first-order valence-electron chi connectivity index (χ1n) is 7.10. The van der Waals surface area contributed by atoms with Gasteiger partial charge in [-0.1, -0.05) is 38.5 Å². The molecule has 0 aliphatic rings. The van der Waals surface area contributed by atoms with Gasteiger partial charge in [-0.3, -0.25) is 0 Å². The maximum Gasteiger partial charge on any atom is 0.0133 e. The van der Waals surface area contributed by atoms with Crippen LogP contribution in [0.4, 0.5) is 0 Å². The molecule has 0 amide bonds. The molecule has 1 aromatic rings. The summed E-state index contributed by atoms with van der Waals surface area (Å²) in [6, 6.07) is 5.16. The van der Waals surface area contributed by atoms with Crippen LogP contribution in [0, 0.1) is 32.6 Å². The Kier molecular flexibility index (Phi) is 5.40. The zero-order valence-corrected chi connectivity index (χ0v) is 13.1. The van der Waals surface area contributed by atoms with Gasteiger partial charge >= 0.3 is 0 Å². The van der Waals surface area contributed by atoms with Crippen LogP contribution in [0.15, 0.2) is 12.1 Å². The van der Waals surface area contributed by atoms with E-state index in [-0.39, 0.29) is 0 Å². The average molecular weight is 247 g/mol. The van der Waals surface area contributed by atoms with Crippen molar-refractivity contribution in [1.82, 2.24) is 5.32 Å². The van der Waals surface area contributed by atoms with Crippen molar-refractivity contribution in [2.45, 2.75) is 54.0 Å². The van der Waals surface area contributed by atoms with Crippen LogP contribution in [-0.4, -0.2) is 13.1 Å². The molecule has 0 spiro atoms. The predicted molar refractivity (Wildman–Crippen MR) is 81.2 cm³/mol. The highest BCUT2D eigenvalue weighted by molar-refractivity contribution is 5.38. The van der Waals surface area contributed by atoms with Gasteiger partial charge in [0.05, 0.1) is 0 Å². The quantitative estimate of drug-likeness (QED) is 0.828. The van der Waals surface area contributed by atoms with E-state index in [4.69, 9.17) is 0 Å². The third-order valence-corrected chi connectivity index (χ3v) is 4.32. The lowest BCUT2D eigenvalue weighted by Gasteiger charge is -2.28. The molecule has 0 aromatic heterocycles. The first kappa shape index (κ1) is 15.2. The second-order valence-corrected chi connectivity index (χ2v) is 6.08. The van der Waals surface area contributed by atoms with Crippen LogP contribution in [0.25, 0.3) is 0 Å². The van der Waals surface area contributed by atoms with E-state index in [9.17, 15) is 0 Å². The summed E-state index contributed by atoms with van der Waals surface area (Å²) in [5.74, 6) is 1.41. The Hall–Kier alpha value is -0.820. The van der Waals surface area contributed by atoms with Gasteiger partial charge in [0.2, 0.25) is 0 Å². The van der Waals surface area contributed by atoms with Crippen molar-refractivity contribution in [2.75, 3.05) is 7.05 Å². The predicted octanol–water partition coefficient (Wildman–Crippen LogP) is 4.03. The fourth-order valence-electron chi connectivity index (χ4n) is 2.77. The van der Waals surface area contributed by atoms with Crippen molar-refractivity contribution in [3.05, 3.63) is 34.4 Å². The first-order valence-corrected chi connectivity index (χ1v) is 7.10. The number of hydrogen-bond donors (Lipinski definition) is 1. The molecule has 0 saturated carbocycles. The summed E-state index contributed by atoms with van der Waals surface area (Å²) in [7, 11) is 2.09. The summed E-state index contributed by atoms with van der Waals surface area (Å²) < 4.78 is 0. The van der Waals surface area contributed by atoms with Crippen molar-refractivity contribution >= 4 is 0 Å². The molecule has 1 rings (SSSR count). The molecule has 0 fully saturated rings. The zero-order chi connectivity index (χ0) is 13.9. The topological polar surface area (TPSA) is 12.0 Å². The van der Waals surface area contributed by atoms with Gasteiger partial charge in [0, 0.05) is 6.04 Å². The Balaban J connectivity index is 2.95.